The van der Waals surface area contributed by atoms with Gasteiger partial charge in [0.25, 0.3) is 5.91 Å². The lowest BCUT2D eigenvalue weighted by molar-refractivity contribution is 0.0948. The fourth-order valence-corrected chi connectivity index (χ4v) is 7.32. The molecule has 0 bridgehead atoms. The van der Waals surface area contributed by atoms with E-state index in [0.29, 0.717) is 41.6 Å². The third-order valence-corrected chi connectivity index (χ3v) is 10.0. The molecule has 0 aliphatic carbocycles. The lowest BCUT2D eigenvalue weighted by atomic mass is 9.98. The summed E-state index contributed by atoms with van der Waals surface area (Å²) in [6.45, 7) is 6.58. The van der Waals surface area contributed by atoms with E-state index < -0.39 is 17.2 Å². The van der Waals surface area contributed by atoms with Crippen molar-refractivity contribution in [3.05, 3.63) is 75.8 Å². The Kier molecular flexibility index (Phi) is 8.33. The van der Waals surface area contributed by atoms with Gasteiger partial charge in [0.05, 0.1) is 11.1 Å². The summed E-state index contributed by atoms with van der Waals surface area (Å²) in [5, 5.41) is 5.01. The van der Waals surface area contributed by atoms with Crippen molar-refractivity contribution in [1.82, 2.24) is 24.6 Å². The minimum absolute atomic E-state index is 0.00507. The van der Waals surface area contributed by atoms with Crippen LogP contribution in [0.3, 0.4) is 0 Å². The number of nitrogens with one attached hydrogen (secondary N) is 1. The van der Waals surface area contributed by atoms with Gasteiger partial charge in [-0.05, 0) is 83.2 Å². The van der Waals surface area contributed by atoms with Crippen LogP contribution in [-0.4, -0.2) is 91.1 Å². The normalized spacial score (nSPS) is 18.8. The van der Waals surface area contributed by atoms with Gasteiger partial charge in [0.15, 0.2) is 11.5 Å². The number of hydrogen-bond acceptors (Lipinski definition) is 6. The third-order valence-electron chi connectivity index (χ3n) is 10.0. The molecule has 2 saturated heterocycles. The van der Waals surface area contributed by atoms with Crippen LogP contribution in [0.4, 0.5) is 4.39 Å². The van der Waals surface area contributed by atoms with Crippen molar-refractivity contribution in [3.8, 4) is 17.2 Å². The number of benzene rings is 3. The van der Waals surface area contributed by atoms with Crippen molar-refractivity contribution >= 4 is 27.6 Å². The van der Waals surface area contributed by atoms with Crippen LogP contribution < -0.4 is 15.5 Å². The predicted molar refractivity (Wildman–Crippen MR) is 177 cm³/mol. The van der Waals surface area contributed by atoms with E-state index in [2.05, 4.69) is 34.1 Å². The number of likely N-dealkylation sites (tertiary alicyclic amines) is 1. The van der Waals surface area contributed by atoms with Gasteiger partial charge in [0.1, 0.15) is 16.9 Å². The van der Waals surface area contributed by atoms with Crippen LogP contribution in [0.1, 0.15) is 48.0 Å². The number of piperazine rings is 1. The molecule has 1 N–H and O–H groups in total. The molecule has 1 aromatic heterocycles. The molecule has 4 heterocycles. The van der Waals surface area contributed by atoms with E-state index in [0.717, 1.165) is 75.0 Å². The van der Waals surface area contributed by atoms with Gasteiger partial charge in [-0.15, -0.1) is 0 Å². The molecular weight excluding hydrogens is 569 g/mol. The van der Waals surface area contributed by atoms with E-state index >= 15 is 4.39 Å². The molecule has 4 aromatic rings. The molecule has 45 heavy (non-hydrogen) atoms. The molecule has 0 saturated carbocycles. The number of likely N-dealkylation sites (N-methyl/N-ethyl adjacent to an activating group) is 1. The molecule has 3 aromatic carbocycles. The Morgan fingerprint density at radius 3 is 2.62 bits per heavy atom. The van der Waals surface area contributed by atoms with Crippen LogP contribution >= 0.6 is 0 Å². The molecule has 1 amide bonds. The van der Waals surface area contributed by atoms with Gasteiger partial charge in [-0.2, -0.15) is 0 Å². The van der Waals surface area contributed by atoms with E-state index in [1.807, 2.05) is 41.0 Å². The summed E-state index contributed by atoms with van der Waals surface area (Å²) in [6.07, 6.45) is 7.07. The van der Waals surface area contributed by atoms with Crippen LogP contribution in [0.2, 0.25) is 0 Å². The number of carbonyl (C=O) groups excluding carboxylic acids is 1. The lowest BCUT2D eigenvalue weighted by Crippen LogP contribution is -2.45. The zero-order valence-electron chi connectivity index (χ0n) is 26.3. The van der Waals surface area contributed by atoms with Gasteiger partial charge in [-0.3, -0.25) is 9.59 Å². The fourth-order valence-electron chi connectivity index (χ4n) is 7.32. The first-order chi connectivity index (χ1) is 21.9. The van der Waals surface area contributed by atoms with Crippen molar-refractivity contribution < 1.29 is 13.9 Å². The van der Waals surface area contributed by atoms with Crippen LogP contribution in [-0.2, 0) is 6.42 Å². The molecule has 1 atom stereocenters. The summed E-state index contributed by atoms with van der Waals surface area (Å²) >= 11 is 0. The maximum Gasteiger partial charge on any atom is 0.256 e. The number of nitrogens with zero attached hydrogens (tertiary/aromatic N) is 4. The predicted octanol–water partition coefficient (Wildman–Crippen LogP) is 5.17. The molecule has 3 aliphatic heterocycles. The summed E-state index contributed by atoms with van der Waals surface area (Å²) in [5.41, 5.74) is 1.25. The second-order valence-electron chi connectivity index (χ2n) is 13.0. The van der Waals surface area contributed by atoms with Gasteiger partial charge < -0.3 is 29.3 Å². The highest BCUT2D eigenvalue weighted by Crippen LogP contribution is 2.46. The van der Waals surface area contributed by atoms with Crippen molar-refractivity contribution in [2.24, 2.45) is 0 Å². The topological polar surface area (TPSA) is 70.0 Å². The van der Waals surface area contributed by atoms with E-state index in [1.165, 1.54) is 18.9 Å². The maximum absolute atomic E-state index is 16.0. The van der Waals surface area contributed by atoms with Crippen LogP contribution in [0, 0.1) is 5.82 Å². The number of aromatic nitrogens is 1. The minimum Gasteiger partial charge on any atom is -0.452 e. The molecule has 8 nitrogen and oxygen atoms in total. The third kappa shape index (κ3) is 5.73. The minimum atomic E-state index is -0.482. The fraction of sp³-hybridized carbons (Fsp3) is 0.444. The van der Waals surface area contributed by atoms with E-state index in [1.54, 1.807) is 6.20 Å². The maximum atomic E-state index is 16.0. The van der Waals surface area contributed by atoms with Crippen molar-refractivity contribution in [2.75, 3.05) is 59.9 Å². The number of halogens is 1. The molecule has 1 unspecified atom stereocenters. The Bertz CT molecular complexity index is 1810. The summed E-state index contributed by atoms with van der Waals surface area (Å²) in [6, 6.07) is 13.7. The standard InChI is InChI=1S/C36H42FN5O3/c1-39-18-20-41(21-19-39)17-7-15-38-36(44)29-23-42-31-14-13-24-8-3-4-11-26(24)34(31)45-35-27(12-5-9-25-10-6-16-40(25)2)30(37)22-28(32(35)42)33(29)43/h3-4,8,11,13-14,22-23,25H,5-7,9-10,12,15-21H2,1-2H3,(H,38,44). The number of ether oxygens (including phenoxy) is 1. The monoisotopic (exact) mass is 611 g/mol. The zero-order chi connectivity index (χ0) is 31.1. The van der Waals surface area contributed by atoms with Gasteiger partial charge in [-0.1, -0.05) is 30.3 Å². The van der Waals surface area contributed by atoms with Crippen molar-refractivity contribution in [1.29, 1.82) is 0 Å². The van der Waals surface area contributed by atoms with Crippen molar-refractivity contribution in [3.63, 3.8) is 0 Å². The number of carbonyl (C=O) groups is 1. The van der Waals surface area contributed by atoms with Crippen LogP contribution in [0.5, 0.6) is 11.5 Å². The average Bonchev–Trinajstić information content (AvgIpc) is 3.46. The van der Waals surface area contributed by atoms with Crippen molar-refractivity contribution in [2.45, 2.75) is 44.6 Å². The second kappa shape index (κ2) is 12.5. The molecule has 0 radical (unpaired) electrons. The summed E-state index contributed by atoms with van der Waals surface area (Å²) in [4.78, 5) is 34.4. The van der Waals surface area contributed by atoms with Crippen LogP contribution in [0.25, 0.3) is 27.4 Å². The zero-order valence-corrected chi connectivity index (χ0v) is 26.3. The molecular formula is C36H42FN5O3. The highest BCUT2D eigenvalue weighted by Gasteiger charge is 2.30. The van der Waals surface area contributed by atoms with E-state index in [9.17, 15) is 9.59 Å². The Morgan fingerprint density at radius 2 is 1.82 bits per heavy atom. The number of amides is 1. The molecule has 9 heteroatoms. The average molecular weight is 612 g/mol. The van der Waals surface area contributed by atoms with Gasteiger partial charge in [0.2, 0.25) is 5.43 Å². The number of fused-ring (bicyclic) bond motifs is 4. The summed E-state index contributed by atoms with van der Waals surface area (Å²) in [5.74, 6) is 0.0789. The Balaban J connectivity index is 1.23. The summed E-state index contributed by atoms with van der Waals surface area (Å²) in [7, 11) is 4.29. The quantitative estimate of drug-likeness (QED) is 0.232. The highest BCUT2D eigenvalue weighted by atomic mass is 19.1. The first-order valence-electron chi connectivity index (χ1n) is 16.4. The smallest absolute Gasteiger partial charge is 0.256 e. The number of rotatable bonds is 9. The highest BCUT2D eigenvalue weighted by molar-refractivity contribution is 6.01. The molecule has 3 aliphatic rings. The Morgan fingerprint density at radius 1 is 1.00 bits per heavy atom. The first-order valence-corrected chi connectivity index (χ1v) is 16.4. The first kappa shape index (κ1) is 29.9. The van der Waals surface area contributed by atoms with E-state index in [4.69, 9.17) is 4.74 Å². The van der Waals surface area contributed by atoms with Gasteiger partial charge >= 0.3 is 0 Å². The van der Waals surface area contributed by atoms with Gasteiger partial charge in [-0.25, -0.2) is 4.39 Å². The number of pyridine rings is 1. The van der Waals surface area contributed by atoms with Gasteiger partial charge in [0, 0.05) is 55.9 Å². The Hall–Kier alpha value is -3.79. The SMILES string of the molecule is CN1CCN(CCCNC(=O)c2cn3c4c(c(CCCC5CCCN5C)c(F)cc4c2=O)Oc2c-3ccc3ccccc23)CC1. The van der Waals surface area contributed by atoms with E-state index in [-0.39, 0.29) is 10.9 Å². The second-order valence-corrected chi connectivity index (χ2v) is 13.0. The largest absolute Gasteiger partial charge is 0.452 e. The molecule has 2 fully saturated rings. The molecule has 236 valence electrons. The number of hydrogen-bond donors (Lipinski definition) is 1. The van der Waals surface area contributed by atoms with Crippen LogP contribution in [0.15, 0.2) is 53.5 Å². The Labute approximate surface area is 263 Å². The molecule has 7 rings (SSSR count). The summed E-state index contributed by atoms with van der Waals surface area (Å²) < 4.78 is 24.5. The lowest BCUT2D eigenvalue weighted by Gasteiger charge is -2.32. The molecule has 0 spiro atoms.